The molecule has 0 aliphatic carbocycles. The average molecular weight is 319 g/mol. The molecule has 0 aromatic heterocycles. The van der Waals surface area contributed by atoms with E-state index in [9.17, 15) is 9.59 Å². The van der Waals surface area contributed by atoms with Crippen molar-refractivity contribution < 1.29 is 14.3 Å². The summed E-state index contributed by atoms with van der Waals surface area (Å²) >= 11 is 0. The fourth-order valence-corrected chi connectivity index (χ4v) is 2.56. The normalized spacial score (nSPS) is 17.2. The number of ether oxygens (including phenoxy) is 1. The van der Waals surface area contributed by atoms with Crippen LogP contribution in [0.5, 0.6) is 5.75 Å². The number of urea groups is 1. The minimum absolute atomic E-state index is 0.0213. The van der Waals surface area contributed by atoms with Gasteiger partial charge in [-0.1, -0.05) is 13.3 Å². The maximum absolute atomic E-state index is 12.2. The molecule has 1 fully saturated rings. The lowest BCUT2D eigenvalue weighted by atomic mass is 10.2. The SMILES string of the molecule is CCCCNC(=O)N[C@H]1CC(=O)N(c2ccc(OCC)cc2)C1. The minimum Gasteiger partial charge on any atom is -0.494 e. The molecule has 1 aliphatic rings. The van der Waals surface area contributed by atoms with Crippen LogP contribution in [0.15, 0.2) is 24.3 Å². The summed E-state index contributed by atoms with van der Waals surface area (Å²) in [5, 5.41) is 5.67. The van der Waals surface area contributed by atoms with Gasteiger partial charge in [-0.25, -0.2) is 4.79 Å². The Labute approximate surface area is 137 Å². The zero-order valence-corrected chi connectivity index (χ0v) is 13.8. The van der Waals surface area contributed by atoms with Gasteiger partial charge in [-0.3, -0.25) is 4.79 Å². The van der Waals surface area contributed by atoms with E-state index < -0.39 is 0 Å². The molecule has 0 bridgehead atoms. The number of anilines is 1. The molecule has 1 heterocycles. The van der Waals surface area contributed by atoms with Crippen LogP contribution in [0.25, 0.3) is 0 Å². The number of rotatable bonds is 7. The highest BCUT2D eigenvalue weighted by atomic mass is 16.5. The number of nitrogens with one attached hydrogen (secondary N) is 2. The van der Waals surface area contributed by atoms with Gasteiger partial charge in [0.05, 0.1) is 12.6 Å². The Hall–Kier alpha value is -2.24. The van der Waals surface area contributed by atoms with Gasteiger partial charge in [0.2, 0.25) is 5.91 Å². The van der Waals surface area contributed by atoms with Crippen LogP contribution >= 0.6 is 0 Å². The molecule has 6 heteroatoms. The van der Waals surface area contributed by atoms with Crippen molar-refractivity contribution in [2.24, 2.45) is 0 Å². The first kappa shape index (κ1) is 17.1. The highest BCUT2D eigenvalue weighted by molar-refractivity contribution is 5.96. The number of carbonyl (C=O) groups is 2. The third kappa shape index (κ3) is 4.87. The molecule has 1 aliphatic heterocycles. The molecule has 0 saturated carbocycles. The van der Waals surface area contributed by atoms with Crippen LogP contribution in [0.3, 0.4) is 0 Å². The van der Waals surface area contributed by atoms with Crippen molar-refractivity contribution in [1.82, 2.24) is 10.6 Å². The van der Waals surface area contributed by atoms with Crippen molar-refractivity contribution in [3.8, 4) is 5.75 Å². The van der Waals surface area contributed by atoms with Gasteiger partial charge < -0.3 is 20.3 Å². The largest absolute Gasteiger partial charge is 0.494 e. The third-order valence-corrected chi connectivity index (χ3v) is 3.74. The van der Waals surface area contributed by atoms with Crippen LogP contribution in [0.4, 0.5) is 10.5 Å². The van der Waals surface area contributed by atoms with Crippen molar-refractivity contribution in [2.45, 2.75) is 39.2 Å². The van der Waals surface area contributed by atoms with Crippen molar-refractivity contribution in [3.63, 3.8) is 0 Å². The van der Waals surface area contributed by atoms with E-state index >= 15 is 0 Å². The molecule has 1 aromatic carbocycles. The van der Waals surface area contributed by atoms with Gasteiger partial charge in [0, 0.05) is 25.2 Å². The number of nitrogens with zero attached hydrogens (tertiary/aromatic N) is 1. The van der Waals surface area contributed by atoms with Gasteiger partial charge in [0.15, 0.2) is 0 Å². The van der Waals surface area contributed by atoms with E-state index in [4.69, 9.17) is 4.74 Å². The maximum atomic E-state index is 12.2. The Balaban J connectivity index is 1.88. The molecular formula is C17H25N3O3. The molecule has 126 valence electrons. The summed E-state index contributed by atoms with van der Waals surface area (Å²) in [6, 6.07) is 7.08. The van der Waals surface area contributed by atoms with Gasteiger partial charge in [0.1, 0.15) is 5.75 Å². The maximum Gasteiger partial charge on any atom is 0.315 e. The van der Waals surface area contributed by atoms with E-state index in [2.05, 4.69) is 17.6 Å². The van der Waals surface area contributed by atoms with Gasteiger partial charge in [-0.2, -0.15) is 0 Å². The lowest BCUT2D eigenvalue weighted by Gasteiger charge is -2.18. The van der Waals surface area contributed by atoms with Crippen molar-refractivity contribution in [2.75, 3.05) is 24.6 Å². The predicted molar refractivity (Wildman–Crippen MR) is 89.8 cm³/mol. The molecule has 23 heavy (non-hydrogen) atoms. The number of hydrogen-bond donors (Lipinski definition) is 2. The molecular weight excluding hydrogens is 294 g/mol. The highest BCUT2D eigenvalue weighted by Crippen LogP contribution is 2.24. The minimum atomic E-state index is -0.204. The molecule has 3 amide bonds. The lowest BCUT2D eigenvalue weighted by Crippen LogP contribution is -2.43. The van der Waals surface area contributed by atoms with Gasteiger partial charge in [-0.05, 0) is 37.6 Å². The molecule has 6 nitrogen and oxygen atoms in total. The lowest BCUT2D eigenvalue weighted by molar-refractivity contribution is -0.117. The second kappa shape index (κ2) is 8.41. The smallest absolute Gasteiger partial charge is 0.315 e. The van der Waals surface area contributed by atoms with E-state index in [0.29, 0.717) is 26.1 Å². The first-order valence-corrected chi connectivity index (χ1v) is 8.21. The van der Waals surface area contributed by atoms with Crippen molar-refractivity contribution >= 4 is 17.6 Å². The van der Waals surface area contributed by atoms with Crippen LogP contribution in [0, 0.1) is 0 Å². The Bertz CT molecular complexity index is 530. The van der Waals surface area contributed by atoms with Crippen LogP contribution in [0.2, 0.25) is 0 Å². The monoisotopic (exact) mass is 319 g/mol. The first-order valence-electron chi connectivity index (χ1n) is 8.21. The second-order valence-electron chi connectivity index (χ2n) is 5.59. The zero-order valence-electron chi connectivity index (χ0n) is 13.8. The summed E-state index contributed by atoms with van der Waals surface area (Å²) in [6.07, 6.45) is 2.32. The van der Waals surface area contributed by atoms with Gasteiger partial charge in [-0.15, -0.1) is 0 Å². The fourth-order valence-electron chi connectivity index (χ4n) is 2.56. The molecule has 2 rings (SSSR count). The van der Waals surface area contributed by atoms with E-state index in [0.717, 1.165) is 24.3 Å². The predicted octanol–water partition coefficient (Wildman–Crippen LogP) is 2.29. The Kier molecular flexibility index (Phi) is 6.26. The second-order valence-corrected chi connectivity index (χ2v) is 5.59. The molecule has 1 saturated heterocycles. The molecule has 1 aromatic rings. The molecule has 0 radical (unpaired) electrons. The Morgan fingerprint density at radius 3 is 2.70 bits per heavy atom. The standard InChI is InChI=1S/C17H25N3O3/c1-3-5-10-18-17(22)19-13-11-16(21)20(12-13)14-6-8-15(9-7-14)23-4-2/h6-9,13H,3-5,10-12H2,1-2H3,(H2,18,19,22)/t13-/m0/s1. The summed E-state index contributed by atoms with van der Waals surface area (Å²) in [5.41, 5.74) is 0.828. The first-order chi connectivity index (χ1) is 11.1. The van der Waals surface area contributed by atoms with Crippen LogP contribution in [0.1, 0.15) is 33.1 Å². The summed E-state index contributed by atoms with van der Waals surface area (Å²) in [6.45, 7) is 5.77. The number of carbonyl (C=O) groups excluding carboxylic acids is 2. The molecule has 1 atom stereocenters. The van der Waals surface area contributed by atoms with E-state index in [1.165, 1.54) is 0 Å². The number of unbranched alkanes of at least 4 members (excludes halogenated alkanes) is 1. The highest BCUT2D eigenvalue weighted by Gasteiger charge is 2.31. The molecule has 0 spiro atoms. The van der Waals surface area contributed by atoms with E-state index in [1.807, 2.05) is 31.2 Å². The van der Waals surface area contributed by atoms with Crippen LogP contribution in [-0.4, -0.2) is 37.7 Å². The molecule has 2 N–H and O–H groups in total. The quantitative estimate of drug-likeness (QED) is 0.758. The van der Waals surface area contributed by atoms with Crippen molar-refractivity contribution in [1.29, 1.82) is 0 Å². The summed E-state index contributed by atoms with van der Waals surface area (Å²) in [4.78, 5) is 25.6. The number of amides is 3. The average Bonchev–Trinajstić information content (AvgIpc) is 2.89. The van der Waals surface area contributed by atoms with Gasteiger partial charge >= 0.3 is 6.03 Å². The third-order valence-electron chi connectivity index (χ3n) is 3.74. The summed E-state index contributed by atoms with van der Waals surface area (Å²) in [5.74, 6) is 0.806. The number of hydrogen-bond acceptors (Lipinski definition) is 3. The van der Waals surface area contributed by atoms with E-state index in [-0.39, 0.29) is 18.0 Å². The van der Waals surface area contributed by atoms with E-state index in [1.54, 1.807) is 4.90 Å². The zero-order chi connectivity index (χ0) is 16.7. The van der Waals surface area contributed by atoms with Crippen LogP contribution < -0.4 is 20.3 Å². The van der Waals surface area contributed by atoms with Gasteiger partial charge in [0.25, 0.3) is 0 Å². The van der Waals surface area contributed by atoms with Crippen molar-refractivity contribution in [3.05, 3.63) is 24.3 Å². The Morgan fingerprint density at radius 1 is 1.30 bits per heavy atom. The Morgan fingerprint density at radius 2 is 2.04 bits per heavy atom. The van der Waals surface area contributed by atoms with Crippen LogP contribution in [-0.2, 0) is 4.79 Å². The summed E-state index contributed by atoms with van der Waals surface area (Å²) in [7, 11) is 0. The summed E-state index contributed by atoms with van der Waals surface area (Å²) < 4.78 is 5.40. The molecule has 0 unspecified atom stereocenters. The topological polar surface area (TPSA) is 70.7 Å². The number of benzene rings is 1. The fraction of sp³-hybridized carbons (Fsp3) is 0.529.